The normalized spacial score (nSPS) is 17.8. The van der Waals surface area contributed by atoms with Gasteiger partial charge in [-0.15, -0.1) is 0 Å². The minimum absolute atomic E-state index is 0.0176. The molecule has 164 valence electrons. The molecule has 0 saturated carbocycles. The Morgan fingerprint density at radius 1 is 1.09 bits per heavy atom. The molecule has 1 unspecified atom stereocenters. The highest BCUT2D eigenvalue weighted by Crippen LogP contribution is 2.44. The number of nitrogens with zero attached hydrogens (tertiary/aromatic N) is 3. The third-order valence-electron chi connectivity index (χ3n) is 5.60. The molecule has 0 bridgehead atoms. The molecule has 2 aromatic heterocycles. The summed E-state index contributed by atoms with van der Waals surface area (Å²) in [5.74, 6) is -1.79. The van der Waals surface area contributed by atoms with Crippen LogP contribution >= 0.6 is 22.9 Å². The van der Waals surface area contributed by atoms with Crippen LogP contribution in [0.15, 0.2) is 66.4 Å². The van der Waals surface area contributed by atoms with Gasteiger partial charge in [-0.25, -0.2) is 4.98 Å². The quantitative estimate of drug-likeness (QED) is 0.237. The van der Waals surface area contributed by atoms with Crippen LogP contribution in [-0.4, -0.2) is 26.8 Å². The molecular weight excluding hydrogens is 458 g/mol. The average Bonchev–Trinajstić information content (AvgIpc) is 3.32. The fraction of sp³-hybridized carbons (Fsp3) is 0.120. The van der Waals surface area contributed by atoms with E-state index in [1.54, 1.807) is 42.6 Å². The van der Waals surface area contributed by atoms with Gasteiger partial charge in [-0.05, 0) is 43.7 Å². The van der Waals surface area contributed by atoms with Crippen LogP contribution in [0.1, 0.15) is 28.4 Å². The molecule has 1 amide bonds. The van der Waals surface area contributed by atoms with Crippen molar-refractivity contribution in [2.75, 3.05) is 4.90 Å². The van der Waals surface area contributed by atoms with E-state index < -0.39 is 17.7 Å². The van der Waals surface area contributed by atoms with Crippen molar-refractivity contribution in [3.8, 4) is 0 Å². The summed E-state index contributed by atoms with van der Waals surface area (Å²) in [4.78, 5) is 36.7. The predicted molar refractivity (Wildman–Crippen MR) is 130 cm³/mol. The molecule has 1 aliphatic rings. The van der Waals surface area contributed by atoms with Gasteiger partial charge in [0.25, 0.3) is 5.78 Å². The van der Waals surface area contributed by atoms with Crippen LogP contribution in [0.2, 0.25) is 5.02 Å². The number of anilines is 1. The number of rotatable bonds is 3. The van der Waals surface area contributed by atoms with E-state index in [2.05, 4.69) is 9.97 Å². The fourth-order valence-corrected chi connectivity index (χ4v) is 5.09. The molecule has 2 aromatic carbocycles. The standard InChI is InChI=1S/C25H18ClN3O3S/c1-13-6-8-15(9-7-13)22(30)20-21(17-5-3-4-10-27-17)29(24(32)23(20)31)25-28-18-12-16(26)14(2)11-19(18)33-25/h3-12,21,30H,1-2H3/b22-20+. The highest BCUT2D eigenvalue weighted by molar-refractivity contribution is 7.22. The van der Waals surface area contributed by atoms with E-state index in [1.165, 1.54) is 16.2 Å². The Labute approximate surface area is 198 Å². The van der Waals surface area contributed by atoms with Gasteiger partial charge in [0.1, 0.15) is 11.8 Å². The molecule has 8 heteroatoms. The molecule has 1 N–H and O–H groups in total. The van der Waals surface area contributed by atoms with Crippen LogP contribution in [0, 0.1) is 13.8 Å². The van der Waals surface area contributed by atoms with E-state index >= 15 is 0 Å². The predicted octanol–water partition coefficient (Wildman–Crippen LogP) is 5.59. The Morgan fingerprint density at radius 2 is 1.85 bits per heavy atom. The summed E-state index contributed by atoms with van der Waals surface area (Å²) in [7, 11) is 0. The summed E-state index contributed by atoms with van der Waals surface area (Å²) in [5, 5.41) is 12.0. The molecule has 1 aliphatic heterocycles. The minimum Gasteiger partial charge on any atom is -0.507 e. The molecule has 0 spiro atoms. The molecule has 1 atom stereocenters. The second kappa shape index (κ2) is 8.10. The number of thiazole rings is 1. The number of aryl methyl sites for hydroxylation is 2. The number of Topliss-reactive ketones (excluding diaryl/α,β-unsaturated/α-hetero) is 1. The number of amides is 1. The van der Waals surface area contributed by atoms with Crippen LogP contribution in [0.4, 0.5) is 5.13 Å². The van der Waals surface area contributed by atoms with Crippen molar-refractivity contribution in [1.29, 1.82) is 0 Å². The van der Waals surface area contributed by atoms with E-state index in [-0.39, 0.29) is 11.3 Å². The number of aromatic nitrogens is 2. The van der Waals surface area contributed by atoms with E-state index in [9.17, 15) is 14.7 Å². The van der Waals surface area contributed by atoms with Crippen LogP contribution in [-0.2, 0) is 9.59 Å². The molecule has 4 aromatic rings. The third kappa shape index (κ3) is 3.59. The number of fused-ring (bicyclic) bond motifs is 1. The third-order valence-corrected chi connectivity index (χ3v) is 7.03. The van der Waals surface area contributed by atoms with Gasteiger partial charge in [0.15, 0.2) is 5.13 Å². The monoisotopic (exact) mass is 475 g/mol. The number of pyridine rings is 1. The first-order valence-corrected chi connectivity index (χ1v) is 11.4. The Balaban J connectivity index is 1.72. The zero-order valence-electron chi connectivity index (χ0n) is 17.7. The highest BCUT2D eigenvalue weighted by atomic mass is 35.5. The van der Waals surface area contributed by atoms with Crippen molar-refractivity contribution in [2.24, 2.45) is 0 Å². The largest absolute Gasteiger partial charge is 0.507 e. The van der Waals surface area contributed by atoms with Crippen LogP contribution in [0.25, 0.3) is 16.0 Å². The lowest BCUT2D eigenvalue weighted by Crippen LogP contribution is -2.29. The van der Waals surface area contributed by atoms with E-state index in [1.807, 2.05) is 32.0 Å². The first-order valence-electron chi connectivity index (χ1n) is 10.2. The van der Waals surface area contributed by atoms with Crippen molar-refractivity contribution in [3.63, 3.8) is 0 Å². The number of carbonyl (C=O) groups excluding carboxylic acids is 2. The van der Waals surface area contributed by atoms with Gasteiger partial charge in [0.05, 0.1) is 21.5 Å². The lowest BCUT2D eigenvalue weighted by Gasteiger charge is -2.21. The molecule has 0 radical (unpaired) electrons. The van der Waals surface area contributed by atoms with Crippen molar-refractivity contribution >= 4 is 55.7 Å². The summed E-state index contributed by atoms with van der Waals surface area (Å²) in [5.41, 5.74) is 3.42. The van der Waals surface area contributed by atoms with Gasteiger partial charge in [-0.3, -0.25) is 19.5 Å². The first kappa shape index (κ1) is 21.3. The van der Waals surface area contributed by atoms with Gasteiger partial charge >= 0.3 is 5.91 Å². The molecule has 5 rings (SSSR count). The van der Waals surface area contributed by atoms with Gasteiger partial charge in [0.2, 0.25) is 0 Å². The number of halogens is 1. The highest BCUT2D eigenvalue weighted by Gasteiger charge is 2.48. The molecular formula is C25H18ClN3O3S. The maximum atomic E-state index is 13.2. The van der Waals surface area contributed by atoms with Gasteiger partial charge < -0.3 is 5.11 Å². The molecule has 33 heavy (non-hydrogen) atoms. The van der Waals surface area contributed by atoms with E-state index in [0.717, 1.165) is 15.8 Å². The number of ketones is 1. The number of hydrogen-bond donors (Lipinski definition) is 1. The Bertz CT molecular complexity index is 1410. The Hall–Kier alpha value is -3.55. The van der Waals surface area contributed by atoms with Crippen molar-refractivity contribution in [1.82, 2.24) is 9.97 Å². The lowest BCUT2D eigenvalue weighted by molar-refractivity contribution is -0.132. The van der Waals surface area contributed by atoms with Crippen LogP contribution in [0.5, 0.6) is 0 Å². The average molecular weight is 476 g/mol. The van der Waals surface area contributed by atoms with Crippen molar-refractivity contribution in [3.05, 3.63) is 93.8 Å². The number of aliphatic hydroxyl groups excluding tert-OH is 1. The summed E-state index contributed by atoms with van der Waals surface area (Å²) in [6, 6.07) is 15.1. The van der Waals surface area contributed by atoms with Crippen LogP contribution < -0.4 is 4.90 Å². The number of carbonyl (C=O) groups is 2. The summed E-state index contributed by atoms with van der Waals surface area (Å²) in [6.07, 6.45) is 1.59. The fourth-order valence-electron chi connectivity index (χ4n) is 3.86. The van der Waals surface area contributed by atoms with E-state index in [4.69, 9.17) is 11.6 Å². The second-order valence-electron chi connectivity index (χ2n) is 7.86. The lowest BCUT2D eigenvalue weighted by atomic mass is 9.98. The number of hydrogen-bond acceptors (Lipinski definition) is 6. The summed E-state index contributed by atoms with van der Waals surface area (Å²) >= 11 is 7.54. The summed E-state index contributed by atoms with van der Waals surface area (Å²) < 4.78 is 0.840. The van der Waals surface area contributed by atoms with Crippen molar-refractivity contribution in [2.45, 2.75) is 19.9 Å². The second-order valence-corrected chi connectivity index (χ2v) is 9.27. The topological polar surface area (TPSA) is 83.4 Å². The Morgan fingerprint density at radius 3 is 2.55 bits per heavy atom. The van der Waals surface area contributed by atoms with Gasteiger partial charge in [0, 0.05) is 16.8 Å². The molecule has 3 heterocycles. The zero-order valence-corrected chi connectivity index (χ0v) is 19.3. The van der Waals surface area contributed by atoms with E-state index in [0.29, 0.717) is 26.9 Å². The molecule has 0 aliphatic carbocycles. The first-order chi connectivity index (χ1) is 15.8. The number of benzene rings is 2. The molecule has 1 fully saturated rings. The maximum Gasteiger partial charge on any atom is 0.301 e. The number of aliphatic hydroxyl groups is 1. The minimum atomic E-state index is -0.912. The zero-order chi connectivity index (χ0) is 23.3. The van der Waals surface area contributed by atoms with Crippen molar-refractivity contribution < 1.29 is 14.7 Å². The maximum absolute atomic E-state index is 13.2. The Kier molecular flexibility index (Phi) is 5.23. The smallest absolute Gasteiger partial charge is 0.301 e. The SMILES string of the molecule is Cc1ccc(/C(O)=C2\C(=O)C(=O)N(c3nc4cc(Cl)c(C)cc4s3)C2c2ccccn2)cc1. The molecule has 6 nitrogen and oxygen atoms in total. The summed E-state index contributed by atoms with van der Waals surface area (Å²) in [6.45, 7) is 3.82. The van der Waals surface area contributed by atoms with Gasteiger partial charge in [-0.1, -0.05) is 58.8 Å². The van der Waals surface area contributed by atoms with Crippen LogP contribution in [0.3, 0.4) is 0 Å². The molecule has 1 saturated heterocycles. The van der Waals surface area contributed by atoms with Gasteiger partial charge in [-0.2, -0.15) is 0 Å².